The van der Waals surface area contributed by atoms with Crippen molar-refractivity contribution in [3.63, 3.8) is 0 Å². The number of aliphatic hydroxyl groups is 1. The Hall–Kier alpha value is -0.570. The Balaban J connectivity index is 1.74. The Bertz CT molecular complexity index is 328. The summed E-state index contributed by atoms with van der Waals surface area (Å²) in [5, 5.41) is 12.9. The van der Waals surface area contributed by atoms with E-state index in [1.165, 1.54) is 96.3 Å². The molecule has 0 aromatic rings. The minimum Gasteiger partial charge on any atom is -0.391 e. The predicted molar refractivity (Wildman–Crippen MR) is 110 cm³/mol. The van der Waals surface area contributed by atoms with Crippen molar-refractivity contribution in [3.8, 4) is 0 Å². The molecule has 2 unspecified atom stereocenters. The monoisotopic (exact) mass is 352 g/mol. The molecular formula is C22H44N2O. The van der Waals surface area contributed by atoms with E-state index in [2.05, 4.69) is 17.2 Å². The standard InChI is InChI=1S/C22H44N2O/c1-3-4-5-6-7-8-9-10-11-12-13-14-15-16-17-18-22-23-19-21(24-22)20(2)25/h20-21,25H,3-19H2,1-2H3,(H,23,24). The van der Waals surface area contributed by atoms with Crippen LogP contribution in [0.25, 0.3) is 0 Å². The van der Waals surface area contributed by atoms with Crippen molar-refractivity contribution in [3.05, 3.63) is 0 Å². The average molecular weight is 353 g/mol. The molecule has 1 aliphatic rings. The first-order valence-corrected chi connectivity index (χ1v) is 11.2. The van der Waals surface area contributed by atoms with Gasteiger partial charge in [-0.1, -0.05) is 96.8 Å². The molecule has 1 aliphatic heterocycles. The SMILES string of the molecule is CCCCCCCCCCCCCCCCCC1=NCC(C(C)O)N1. The number of hydrogen-bond donors (Lipinski definition) is 2. The molecule has 3 heteroatoms. The third-order valence-electron chi connectivity index (χ3n) is 5.43. The van der Waals surface area contributed by atoms with Crippen LogP contribution < -0.4 is 5.32 Å². The van der Waals surface area contributed by atoms with Gasteiger partial charge in [0.15, 0.2) is 0 Å². The van der Waals surface area contributed by atoms with Crippen LogP contribution in [0.1, 0.15) is 117 Å². The second-order valence-electron chi connectivity index (χ2n) is 7.98. The molecule has 0 saturated heterocycles. The highest BCUT2D eigenvalue weighted by Crippen LogP contribution is 2.14. The van der Waals surface area contributed by atoms with Crippen molar-refractivity contribution >= 4 is 5.84 Å². The lowest BCUT2D eigenvalue weighted by molar-refractivity contribution is 0.161. The third-order valence-corrected chi connectivity index (χ3v) is 5.43. The van der Waals surface area contributed by atoms with Gasteiger partial charge in [0, 0.05) is 6.42 Å². The van der Waals surface area contributed by atoms with Crippen LogP contribution in [0.2, 0.25) is 0 Å². The Kier molecular flexibility index (Phi) is 14.1. The van der Waals surface area contributed by atoms with Crippen LogP contribution in [-0.2, 0) is 0 Å². The molecule has 2 atom stereocenters. The van der Waals surface area contributed by atoms with Crippen LogP contribution in [0.4, 0.5) is 0 Å². The van der Waals surface area contributed by atoms with Crippen LogP contribution in [0.15, 0.2) is 4.99 Å². The summed E-state index contributed by atoms with van der Waals surface area (Å²) in [5.41, 5.74) is 0. The lowest BCUT2D eigenvalue weighted by atomic mass is 10.0. The molecule has 0 amide bonds. The van der Waals surface area contributed by atoms with Crippen molar-refractivity contribution in [2.45, 2.75) is 129 Å². The fourth-order valence-corrected chi connectivity index (χ4v) is 3.60. The number of aliphatic hydroxyl groups excluding tert-OH is 1. The number of nitrogens with one attached hydrogen (secondary N) is 1. The molecule has 2 N–H and O–H groups in total. The van der Waals surface area contributed by atoms with E-state index in [1.54, 1.807) is 0 Å². The normalized spacial score (nSPS) is 18.2. The van der Waals surface area contributed by atoms with Crippen LogP contribution >= 0.6 is 0 Å². The third kappa shape index (κ3) is 12.4. The van der Waals surface area contributed by atoms with Gasteiger partial charge in [0.1, 0.15) is 0 Å². The molecule has 0 aliphatic carbocycles. The molecule has 1 heterocycles. The van der Waals surface area contributed by atoms with Crippen LogP contribution in [0, 0.1) is 0 Å². The Morgan fingerprint density at radius 1 is 0.840 bits per heavy atom. The van der Waals surface area contributed by atoms with Gasteiger partial charge in [-0.3, -0.25) is 4.99 Å². The van der Waals surface area contributed by atoms with Crippen LogP contribution in [0.5, 0.6) is 0 Å². The number of rotatable bonds is 17. The van der Waals surface area contributed by atoms with Gasteiger partial charge in [0.25, 0.3) is 0 Å². The van der Waals surface area contributed by atoms with Gasteiger partial charge in [0.2, 0.25) is 0 Å². The Morgan fingerprint density at radius 2 is 1.28 bits per heavy atom. The second kappa shape index (κ2) is 15.7. The summed E-state index contributed by atoms with van der Waals surface area (Å²) in [6, 6.07) is 0.145. The topological polar surface area (TPSA) is 44.6 Å². The Morgan fingerprint density at radius 3 is 1.68 bits per heavy atom. The van der Waals surface area contributed by atoms with Gasteiger partial charge >= 0.3 is 0 Å². The van der Waals surface area contributed by atoms with Gasteiger partial charge in [-0.25, -0.2) is 0 Å². The summed E-state index contributed by atoms with van der Waals surface area (Å²) in [7, 11) is 0. The highest BCUT2D eigenvalue weighted by Gasteiger charge is 2.20. The van der Waals surface area contributed by atoms with Crippen LogP contribution in [0.3, 0.4) is 0 Å². The number of unbranched alkanes of at least 4 members (excludes halogenated alkanes) is 14. The van der Waals surface area contributed by atoms with E-state index in [-0.39, 0.29) is 12.1 Å². The molecule has 0 spiro atoms. The number of hydrogen-bond acceptors (Lipinski definition) is 3. The summed E-state index contributed by atoms with van der Waals surface area (Å²) in [6.45, 7) is 4.87. The summed E-state index contributed by atoms with van der Waals surface area (Å²) in [4.78, 5) is 4.49. The molecule has 25 heavy (non-hydrogen) atoms. The Labute approximate surface area is 157 Å². The lowest BCUT2D eigenvalue weighted by Crippen LogP contribution is -2.38. The number of nitrogens with zero attached hydrogens (tertiary/aromatic N) is 1. The maximum absolute atomic E-state index is 9.54. The lowest BCUT2D eigenvalue weighted by Gasteiger charge is -2.14. The maximum atomic E-state index is 9.54. The predicted octanol–water partition coefficient (Wildman–Crippen LogP) is 6.00. The van der Waals surface area contributed by atoms with Crippen molar-refractivity contribution in [2.24, 2.45) is 4.99 Å². The smallest absolute Gasteiger partial charge is 0.0967 e. The first kappa shape index (κ1) is 22.5. The van der Waals surface area contributed by atoms with E-state index in [0.717, 1.165) is 18.8 Å². The van der Waals surface area contributed by atoms with E-state index in [9.17, 15) is 5.11 Å². The molecular weight excluding hydrogens is 308 g/mol. The zero-order chi connectivity index (χ0) is 18.2. The molecule has 0 aromatic carbocycles. The van der Waals surface area contributed by atoms with Crippen molar-refractivity contribution in [1.29, 1.82) is 0 Å². The van der Waals surface area contributed by atoms with Crippen molar-refractivity contribution < 1.29 is 5.11 Å². The molecule has 3 nitrogen and oxygen atoms in total. The zero-order valence-electron chi connectivity index (χ0n) is 17.1. The quantitative estimate of drug-likeness (QED) is 0.315. The summed E-state index contributed by atoms with van der Waals surface area (Å²) in [5.74, 6) is 1.11. The minimum absolute atomic E-state index is 0.145. The molecule has 0 radical (unpaired) electrons. The molecule has 148 valence electrons. The first-order valence-electron chi connectivity index (χ1n) is 11.2. The van der Waals surface area contributed by atoms with E-state index in [0.29, 0.717) is 0 Å². The highest BCUT2D eigenvalue weighted by atomic mass is 16.3. The zero-order valence-corrected chi connectivity index (χ0v) is 17.1. The first-order chi connectivity index (χ1) is 12.2. The van der Waals surface area contributed by atoms with E-state index >= 15 is 0 Å². The second-order valence-corrected chi connectivity index (χ2v) is 7.98. The van der Waals surface area contributed by atoms with E-state index < -0.39 is 0 Å². The van der Waals surface area contributed by atoms with E-state index in [4.69, 9.17) is 0 Å². The van der Waals surface area contributed by atoms with Gasteiger partial charge in [-0.05, 0) is 13.3 Å². The molecule has 1 rings (SSSR count). The molecule has 0 bridgehead atoms. The molecule has 0 saturated carbocycles. The van der Waals surface area contributed by atoms with Gasteiger partial charge in [-0.15, -0.1) is 0 Å². The van der Waals surface area contributed by atoms with E-state index in [1.807, 2.05) is 6.92 Å². The minimum atomic E-state index is -0.303. The summed E-state index contributed by atoms with van der Waals surface area (Å²) >= 11 is 0. The fraction of sp³-hybridized carbons (Fsp3) is 0.955. The fourth-order valence-electron chi connectivity index (χ4n) is 3.60. The number of aliphatic imine (C=N–C) groups is 1. The molecule has 0 fully saturated rings. The van der Waals surface area contributed by atoms with Crippen molar-refractivity contribution in [1.82, 2.24) is 5.32 Å². The van der Waals surface area contributed by atoms with Gasteiger partial charge < -0.3 is 10.4 Å². The summed E-state index contributed by atoms with van der Waals surface area (Å²) in [6.07, 6.45) is 21.8. The summed E-state index contributed by atoms with van der Waals surface area (Å²) < 4.78 is 0. The van der Waals surface area contributed by atoms with Crippen molar-refractivity contribution in [2.75, 3.05) is 6.54 Å². The number of amidine groups is 1. The molecule has 0 aromatic heterocycles. The van der Waals surface area contributed by atoms with Gasteiger partial charge in [-0.2, -0.15) is 0 Å². The highest BCUT2D eigenvalue weighted by molar-refractivity contribution is 5.84. The average Bonchev–Trinajstić information content (AvgIpc) is 3.07. The van der Waals surface area contributed by atoms with Gasteiger partial charge in [0.05, 0.1) is 24.5 Å². The maximum Gasteiger partial charge on any atom is 0.0967 e. The largest absolute Gasteiger partial charge is 0.391 e. The van der Waals surface area contributed by atoms with Crippen LogP contribution in [-0.4, -0.2) is 29.6 Å².